The van der Waals surface area contributed by atoms with Crippen LogP contribution in [0.3, 0.4) is 0 Å². The van der Waals surface area contributed by atoms with Crippen LogP contribution in [-0.2, 0) is 11.2 Å². The molecule has 0 aliphatic carbocycles. The maximum absolute atomic E-state index is 13.1. The topological polar surface area (TPSA) is 65.0 Å². The molecule has 6 nitrogen and oxygen atoms in total. The standard InChI is InChI=1S/C32H34ClN3O3/c33-27-9-10-29(30(22-27)32(38)34-14-11-24-5-2-1-3-6-24)25-12-15-35(16-13-25)17-18-36-19-20-39-31(23-36)26-7-4-8-28(37)21-26/h1-10,19-23,25,37H,11-18H2,(H,34,38). The van der Waals surface area contributed by atoms with Crippen molar-refractivity contribution in [1.29, 1.82) is 0 Å². The van der Waals surface area contributed by atoms with Gasteiger partial charge in [0.25, 0.3) is 5.91 Å². The number of rotatable bonds is 9. The van der Waals surface area contributed by atoms with E-state index in [1.54, 1.807) is 18.4 Å². The summed E-state index contributed by atoms with van der Waals surface area (Å²) in [6, 6.07) is 23.0. The van der Waals surface area contributed by atoms with Gasteiger partial charge >= 0.3 is 0 Å². The minimum atomic E-state index is -0.0562. The number of halogens is 1. The van der Waals surface area contributed by atoms with E-state index in [4.69, 9.17) is 16.3 Å². The van der Waals surface area contributed by atoms with E-state index in [2.05, 4.69) is 27.2 Å². The van der Waals surface area contributed by atoms with Crippen LogP contribution in [0.1, 0.15) is 45.8 Å². The monoisotopic (exact) mass is 543 g/mol. The minimum Gasteiger partial charge on any atom is -0.508 e. The van der Waals surface area contributed by atoms with Gasteiger partial charge in [0, 0.05) is 48.2 Å². The second kappa shape index (κ2) is 12.9. The maximum Gasteiger partial charge on any atom is 0.251 e. The first kappa shape index (κ1) is 26.9. The molecule has 0 saturated carbocycles. The molecule has 2 aliphatic heterocycles. The number of carbonyl (C=O) groups excluding carboxylic acids is 1. The van der Waals surface area contributed by atoms with Crippen LogP contribution >= 0.6 is 11.6 Å². The first-order chi connectivity index (χ1) is 19.0. The van der Waals surface area contributed by atoms with Gasteiger partial charge < -0.3 is 25.0 Å². The van der Waals surface area contributed by atoms with Crippen LogP contribution < -0.4 is 5.32 Å². The van der Waals surface area contributed by atoms with Gasteiger partial charge in [-0.15, -0.1) is 0 Å². The number of benzene rings is 3. The second-order valence-electron chi connectivity index (χ2n) is 10.0. The zero-order valence-corrected chi connectivity index (χ0v) is 22.7. The Hall–Kier alpha value is -3.74. The van der Waals surface area contributed by atoms with E-state index in [0.29, 0.717) is 28.8 Å². The molecule has 39 heavy (non-hydrogen) atoms. The molecule has 0 unspecified atom stereocenters. The first-order valence-electron chi connectivity index (χ1n) is 13.5. The molecule has 5 rings (SSSR count). The molecule has 0 radical (unpaired) electrons. The van der Waals surface area contributed by atoms with Crippen LogP contribution in [0.2, 0.25) is 5.02 Å². The third-order valence-electron chi connectivity index (χ3n) is 7.36. The fraction of sp³-hybridized carbons (Fsp3) is 0.281. The number of phenolic OH excluding ortho intramolecular Hbond substituents is 1. The molecule has 0 atom stereocenters. The summed E-state index contributed by atoms with van der Waals surface area (Å²) in [5.41, 5.74) is 3.83. The third-order valence-corrected chi connectivity index (χ3v) is 7.60. The summed E-state index contributed by atoms with van der Waals surface area (Å²) in [6.07, 6.45) is 8.36. The Kier molecular flexibility index (Phi) is 8.86. The van der Waals surface area contributed by atoms with Gasteiger partial charge in [-0.25, -0.2) is 0 Å². The highest BCUT2D eigenvalue weighted by Gasteiger charge is 2.25. The van der Waals surface area contributed by atoms with Crippen molar-refractivity contribution >= 4 is 23.3 Å². The quantitative estimate of drug-likeness (QED) is 0.346. The second-order valence-corrected chi connectivity index (χ2v) is 10.5. The van der Waals surface area contributed by atoms with Crippen molar-refractivity contribution in [3.8, 4) is 5.75 Å². The molecule has 1 fully saturated rings. The number of nitrogens with zero attached hydrogens (tertiary/aromatic N) is 2. The molecule has 3 aromatic carbocycles. The van der Waals surface area contributed by atoms with E-state index in [9.17, 15) is 9.90 Å². The van der Waals surface area contributed by atoms with E-state index < -0.39 is 0 Å². The molecule has 7 heteroatoms. The molecule has 1 saturated heterocycles. The number of phenols is 1. The van der Waals surface area contributed by atoms with Gasteiger partial charge in [-0.3, -0.25) is 4.79 Å². The fourth-order valence-electron chi connectivity index (χ4n) is 5.21. The average molecular weight is 544 g/mol. The van der Waals surface area contributed by atoms with Gasteiger partial charge in [0.1, 0.15) is 17.8 Å². The maximum atomic E-state index is 13.1. The predicted molar refractivity (Wildman–Crippen MR) is 155 cm³/mol. The number of likely N-dealkylation sites (tertiary alicyclic amines) is 1. The highest BCUT2D eigenvalue weighted by molar-refractivity contribution is 6.31. The van der Waals surface area contributed by atoms with E-state index in [1.807, 2.05) is 60.9 Å². The Bertz CT molecular complexity index is 1330. The smallest absolute Gasteiger partial charge is 0.251 e. The van der Waals surface area contributed by atoms with E-state index in [1.165, 1.54) is 5.56 Å². The van der Waals surface area contributed by atoms with Crippen molar-refractivity contribution in [2.24, 2.45) is 0 Å². The van der Waals surface area contributed by atoms with Gasteiger partial charge in [0.05, 0.1) is 0 Å². The summed E-state index contributed by atoms with van der Waals surface area (Å²) in [5.74, 6) is 1.20. The highest BCUT2D eigenvalue weighted by atomic mass is 35.5. The number of ether oxygens (including phenoxy) is 1. The Morgan fingerprint density at radius 2 is 1.82 bits per heavy atom. The van der Waals surface area contributed by atoms with E-state index >= 15 is 0 Å². The fourth-order valence-corrected chi connectivity index (χ4v) is 5.38. The lowest BCUT2D eigenvalue weighted by atomic mass is 9.86. The lowest BCUT2D eigenvalue weighted by Gasteiger charge is -2.34. The van der Waals surface area contributed by atoms with Crippen LogP contribution in [0, 0.1) is 0 Å². The molecule has 0 aromatic heterocycles. The van der Waals surface area contributed by atoms with Crippen molar-refractivity contribution in [3.05, 3.63) is 119 Å². The van der Waals surface area contributed by atoms with E-state index in [-0.39, 0.29) is 11.7 Å². The van der Waals surface area contributed by atoms with Gasteiger partial charge in [-0.05, 0) is 73.7 Å². The molecular weight excluding hydrogens is 510 g/mol. The van der Waals surface area contributed by atoms with Crippen LogP contribution in [-0.4, -0.2) is 53.5 Å². The Morgan fingerprint density at radius 1 is 1.00 bits per heavy atom. The number of hydrogen-bond acceptors (Lipinski definition) is 5. The van der Waals surface area contributed by atoms with Gasteiger partial charge in [0.2, 0.25) is 0 Å². The lowest BCUT2D eigenvalue weighted by molar-refractivity contribution is 0.0951. The SMILES string of the molecule is O=C(NCCc1ccccc1)c1cc(Cl)ccc1C1CCN(CCN2C=COC(c3cccc(O)c3)=C2)CC1. The summed E-state index contributed by atoms with van der Waals surface area (Å²) in [5, 5.41) is 13.5. The summed E-state index contributed by atoms with van der Waals surface area (Å²) < 4.78 is 5.66. The number of hydrogen-bond donors (Lipinski definition) is 2. The third kappa shape index (κ3) is 7.22. The van der Waals surface area contributed by atoms with Crippen LogP contribution in [0.4, 0.5) is 0 Å². The molecule has 202 valence electrons. The molecule has 3 aromatic rings. The molecule has 0 spiro atoms. The van der Waals surface area contributed by atoms with Gasteiger partial charge in [-0.2, -0.15) is 0 Å². The van der Waals surface area contributed by atoms with Gasteiger partial charge in [0.15, 0.2) is 0 Å². The lowest BCUT2D eigenvalue weighted by Crippen LogP contribution is -2.38. The summed E-state index contributed by atoms with van der Waals surface area (Å²) >= 11 is 6.30. The summed E-state index contributed by atoms with van der Waals surface area (Å²) in [7, 11) is 0. The van der Waals surface area contributed by atoms with Crippen LogP contribution in [0.5, 0.6) is 5.75 Å². The number of aromatic hydroxyl groups is 1. The molecular formula is C32H34ClN3O3. The Balaban J connectivity index is 1.14. The van der Waals surface area contributed by atoms with Gasteiger partial charge in [-0.1, -0.05) is 60.1 Å². The number of carbonyl (C=O) groups is 1. The summed E-state index contributed by atoms with van der Waals surface area (Å²) in [6.45, 7) is 4.29. The molecule has 2 aliphatic rings. The van der Waals surface area contributed by atoms with Crippen LogP contribution in [0.15, 0.2) is 91.5 Å². The summed E-state index contributed by atoms with van der Waals surface area (Å²) in [4.78, 5) is 17.7. The normalized spacial score (nSPS) is 16.0. The van der Waals surface area contributed by atoms with Crippen molar-refractivity contribution in [3.63, 3.8) is 0 Å². The van der Waals surface area contributed by atoms with Crippen molar-refractivity contribution in [2.75, 3.05) is 32.7 Å². The van der Waals surface area contributed by atoms with Crippen molar-refractivity contribution in [1.82, 2.24) is 15.1 Å². The predicted octanol–water partition coefficient (Wildman–Crippen LogP) is 6.00. The zero-order valence-electron chi connectivity index (χ0n) is 21.9. The first-order valence-corrected chi connectivity index (χ1v) is 13.9. The molecule has 1 amide bonds. The molecule has 0 bridgehead atoms. The van der Waals surface area contributed by atoms with Crippen molar-refractivity contribution < 1.29 is 14.6 Å². The highest BCUT2D eigenvalue weighted by Crippen LogP contribution is 2.32. The molecule has 2 N–H and O–H groups in total. The number of amides is 1. The average Bonchev–Trinajstić information content (AvgIpc) is 2.97. The minimum absolute atomic E-state index is 0.0562. The van der Waals surface area contributed by atoms with Crippen molar-refractivity contribution in [2.45, 2.75) is 25.2 Å². The van der Waals surface area contributed by atoms with E-state index in [0.717, 1.165) is 56.6 Å². The zero-order chi connectivity index (χ0) is 27.0. The van der Waals surface area contributed by atoms with Crippen LogP contribution in [0.25, 0.3) is 5.76 Å². The Labute approximate surface area is 235 Å². The molecule has 2 heterocycles. The number of piperidine rings is 1. The number of nitrogens with one attached hydrogen (secondary N) is 1. The largest absolute Gasteiger partial charge is 0.508 e. The Morgan fingerprint density at radius 3 is 2.62 bits per heavy atom.